The molecule has 0 radical (unpaired) electrons. The predicted molar refractivity (Wildman–Crippen MR) is 135 cm³/mol. The summed E-state index contributed by atoms with van der Waals surface area (Å²) >= 11 is 0. The molecule has 0 atom stereocenters. The van der Waals surface area contributed by atoms with Gasteiger partial charge in [0.15, 0.2) is 11.3 Å². The second-order valence-electron chi connectivity index (χ2n) is 7.98. The summed E-state index contributed by atoms with van der Waals surface area (Å²) in [6.07, 6.45) is 12.2. The second-order valence-corrected chi connectivity index (χ2v) is 7.98. The molecule has 0 unspecified atom stereocenters. The molecule has 4 aromatic heterocycles. The molecule has 35 heavy (non-hydrogen) atoms. The maximum Gasteiger partial charge on any atom is 0.165 e. The Morgan fingerprint density at radius 3 is 2.83 bits per heavy atom. The third kappa shape index (κ3) is 4.08. The number of pyridine rings is 3. The molecule has 1 aliphatic heterocycles. The molecule has 0 saturated carbocycles. The van der Waals surface area contributed by atoms with E-state index in [0.717, 1.165) is 28.8 Å². The Balaban J connectivity index is 1.60. The highest BCUT2D eigenvalue weighted by molar-refractivity contribution is 5.90. The molecular weight excluding hydrogens is 441 g/mol. The molecular formula is C27H24FN7. The van der Waals surface area contributed by atoms with E-state index in [1.165, 1.54) is 6.20 Å². The number of rotatable bonds is 8. The monoisotopic (exact) mass is 465 g/mol. The van der Waals surface area contributed by atoms with E-state index in [4.69, 9.17) is 4.98 Å². The standard InChI is InChI=1S/C27H24FN7/c1-4-16(13-29-6-3)12-17(5-2)19-15-32-26-21(22(19)28)25(35-26)27-33-20-9-11-31-23(24(20)34-27)18-8-7-10-30-14-18/h4-5,7-12,14-15,29H,1,6,13H2,2-3H3,(H,33,34)/b16-12+,17-5+. The van der Waals surface area contributed by atoms with Crippen LogP contribution in [0.15, 0.2) is 78.4 Å². The molecule has 0 saturated heterocycles. The first-order chi connectivity index (χ1) is 17.1. The van der Waals surface area contributed by atoms with Crippen LogP contribution in [-0.2, 0) is 0 Å². The van der Waals surface area contributed by atoms with E-state index in [-0.39, 0.29) is 5.82 Å². The summed E-state index contributed by atoms with van der Waals surface area (Å²) in [6, 6.07) is 5.61. The van der Waals surface area contributed by atoms with E-state index < -0.39 is 0 Å². The van der Waals surface area contributed by atoms with Crippen molar-refractivity contribution in [1.29, 1.82) is 0 Å². The van der Waals surface area contributed by atoms with Gasteiger partial charge in [-0.1, -0.05) is 31.7 Å². The number of hydrogen-bond acceptors (Lipinski definition) is 6. The molecule has 0 aliphatic carbocycles. The first-order valence-corrected chi connectivity index (χ1v) is 11.4. The lowest BCUT2D eigenvalue weighted by atomic mass is 10.0. The fourth-order valence-corrected chi connectivity index (χ4v) is 3.99. The lowest BCUT2D eigenvalue weighted by molar-refractivity contribution is 0.603. The van der Waals surface area contributed by atoms with E-state index >= 15 is 4.39 Å². The Kier molecular flexibility index (Phi) is 6.12. The van der Waals surface area contributed by atoms with E-state index in [2.05, 4.69) is 36.8 Å². The van der Waals surface area contributed by atoms with Crippen molar-refractivity contribution in [3.63, 3.8) is 0 Å². The summed E-state index contributed by atoms with van der Waals surface area (Å²) in [4.78, 5) is 25.5. The van der Waals surface area contributed by atoms with Crippen LogP contribution in [0.1, 0.15) is 25.2 Å². The van der Waals surface area contributed by atoms with Crippen LogP contribution >= 0.6 is 0 Å². The Bertz CT molecular complexity index is 1610. The van der Waals surface area contributed by atoms with Crippen molar-refractivity contribution in [3.05, 3.63) is 101 Å². The van der Waals surface area contributed by atoms with Gasteiger partial charge in [-0.3, -0.25) is 9.97 Å². The normalized spacial score (nSPS) is 13.4. The van der Waals surface area contributed by atoms with Gasteiger partial charge in [0.05, 0.1) is 16.4 Å². The summed E-state index contributed by atoms with van der Waals surface area (Å²) in [5.41, 5.74) is 5.90. The molecule has 174 valence electrons. The van der Waals surface area contributed by atoms with Crippen LogP contribution in [0.2, 0.25) is 0 Å². The molecule has 0 spiro atoms. The molecule has 8 heteroatoms. The Morgan fingerprint density at radius 2 is 2.09 bits per heavy atom. The second kappa shape index (κ2) is 9.52. The molecule has 4 aromatic rings. The zero-order valence-electron chi connectivity index (χ0n) is 19.5. The molecule has 7 nitrogen and oxygen atoms in total. The maximum absolute atomic E-state index is 15.8. The number of aromatic amines is 1. The number of nitrogens with zero attached hydrogens (tertiary/aromatic N) is 5. The van der Waals surface area contributed by atoms with Crippen molar-refractivity contribution in [1.82, 2.24) is 30.2 Å². The summed E-state index contributed by atoms with van der Waals surface area (Å²) in [5.74, 6) is 0.0993. The van der Waals surface area contributed by atoms with E-state index in [1.807, 2.05) is 44.2 Å². The van der Waals surface area contributed by atoms with Gasteiger partial charge in [0, 0.05) is 42.5 Å². The highest BCUT2D eigenvalue weighted by Crippen LogP contribution is 2.26. The molecule has 0 fully saturated rings. The van der Waals surface area contributed by atoms with Gasteiger partial charge in [-0.15, -0.1) is 0 Å². The first kappa shape index (κ1) is 22.5. The largest absolute Gasteiger partial charge is 0.337 e. The third-order valence-electron chi connectivity index (χ3n) is 5.81. The zero-order chi connectivity index (χ0) is 24.4. The minimum absolute atomic E-state index is 0.358. The lowest BCUT2D eigenvalue weighted by Gasteiger charge is -2.12. The van der Waals surface area contributed by atoms with Crippen molar-refractivity contribution < 1.29 is 4.39 Å². The molecule has 2 N–H and O–H groups in total. The first-order valence-electron chi connectivity index (χ1n) is 11.4. The average Bonchev–Trinajstić information content (AvgIpc) is 3.30. The smallest absolute Gasteiger partial charge is 0.165 e. The minimum atomic E-state index is -0.373. The van der Waals surface area contributed by atoms with Crippen LogP contribution in [-0.4, -0.2) is 38.0 Å². The van der Waals surface area contributed by atoms with Crippen LogP contribution in [0, 0.1) is 5.82 Å². The van der Waals surface area contributed by atoms with Gasteiger partial charge in [0.2, 0.25) is 0 Å². The molecule has 0 amide bonds. The quantitative estimate of drug-likeness (QED) is 0.389. The van der Waals surface area contributed by atoms with Gasteiger partial charge in [-0.2, -0.15) is 0 Å². The van der Waals surface area contributed by atoms with E-state index in [9.17, 15) is 0 Å². The van der Waals surface area contributed by atoms with Gasteiger partial charge >= 0.3 is 0 Å². The fourth-order valence-electron chi connectivity index (χ4n) is 3.99. The van der Waals surface area contributed by atoms with Crippen LogP contribution in [0.25, 0.3) is 33.6 Å². The Morgan fingerprint density at radius 1 is 1.20 bits per heavy atom. The third-order valence-corrected chi connectivity index (χ3v) is 5.81. The lowest BCUT2D eigenvalue weighted by Crippen LogP contribution is -2.41. The van der Waals surface area contributed by atoms with Gasteiger partial charge in [0.25, 0.3) is 0 Å². The number of imidazole rings is 1. The Hall–Kier alpha value is -4.30. The number of hydrogen-bond donors (Lipinski definition) is 2. The summed E-state index contributed by atoms with van der Waals surface area (Å²) in [7, 11) is 0. The van der Waals surface area contributed by atoms with E-state index in [0.29, 0.717) is 45.5 Å². The molecule has 0 bridgehead atoms. The van der Waals surface area contributed by atoms with Crippen molar-refractivity contribution in [2.24, 2.45) is 4.99 Å². The van der Waals surface area contributed by atoms with E-state index in [1.54, 1.807) is 24.7 Å². The maximum atomic E-state index is 15.8. The van der Waals surface area contributed by atoms with Crippen molar-refractivity contribution >= 4 is 22.3 Å². The van der Waals surface area contributed by atoms with Crippen LogP contribution in [0.5, 0.6) is 0 Å². The van der Waals surface area contributed by atoms with Crippen molar-refractivity contribution in [2.45, 2.75) is 13.8 Å². The van der Waals surface area contributed by atoms with Gasteiger partial charge < -0.3 is 10.3 Å². The molecule has 5 rings (SSSR count). The highest BCUT2D eigenvalue weighted by Gasteiger charge is 2.22. The topological polar surface area (TPSA) is 91.7 Å². The molecule has 5 heterocycles. The SMILES string of the molecule is C=C/C(=C\C(=C/C)c1cnc2c(c1F)=C(c1nc3c(-c4cccnc4)nccc3[nH]1)N=2)CNCC. The van der Waals surface area contributed by atoms with Gasteiger partial charge in [-0.05, 0) is 42.8 Å². The summed E-state index contributed by atoms with van der Waals surface area (Å²) < 4.78 is 15.8. The minimum Gasteiger partial charge on any atom is -0.337 e. The average molecular weight is 466 g/mol. The van der Waals surface area contributed by atoms with Gasteiger partial charge in [0.1, 0.15) is 17.0 Å². The van der Waals surface area contributed by atoms with Crippen LogP contribution < -0.4 is 16.0 Å². The Labute approximate surface area is 201 Å². The number of H-pyrrole nitrogens is 1. The van der Waals surface area contributed by atoms with Gasteiger partial charge in [-0.25, -0.2) is 19.4 Å². The van der Waals surface area contributed by atoms with Crippen molar-refractivity contribution in [3.8, 4) is 11.3 Å². The number of aromatic nitrogens is 5. The molecule has 1 aliphatic rings. The number of likely N-dealkylation sites (N-methyl/N-ethyl adjacent to an activating group) is 1. The number of allylic oxidation sites excluding steroid dienone is 3. The highest BCUT2D eigenvalue weighted by atomic mass is 19.1. The number of nitrogens with one attached hydrogen (secondary N) is 2. The number of fused-ring (bicyclic) bond motifs is 2. The number of halogens is 1. The predicted octanol–water partition coefficient (Wildman–Crippen LogP) is 3.47. The van der Waals surface area contributed by atoms with Crippen LogP contribution in [0.3, 0.4) is 0 Å². The zero-order valence-corrected chi connectivity index (χ0v) is 19.5. The fraction of sp³-hybridized carbons (Fsp3) is 0.148. The van der Waals surface area contributed by atoms with Crippen LogP contribution in [0.4, 0.5) is 4.39 Å². The summed E-state index contributed by atoms with van der Waals surface area (Å²) in [6.45, 7) is 9.27. The van der Waals surface area contributed by atoms with Crippen molar-refractivity contribution in [2.75, 3.05) is 13.1 Å². The summed E-state index contributed by atoms with van der Waals surface area (Å²) in [5, 5.41) is 3.63. The molecule has 0 aromatic carbocycles.